The quantitative estimate of drug-likeness (QED) is 0.370. The highest BCUT2D eigenvalue weighted by Crippen LogP contribution is 2.28. The topological polar surface area (TPSA) is 86.8 Å². The minimum atomic E-state index is -4.13. The van der Waals surface area contributed by atoms with Gasteiger partial charge in [-0.2, -0.15) is 0 Å². The van der Waals surface area contributed by atoms with E-state index in [4.69, 9.17) is 0 Å². The molecule has 1 N–H and O–H groups in total. The molecule has 0 aliphatic heterocycles. The van der Waals surface area contributed by atoms with Crippen molar-refractivity contribution < 1.29 is 22.4 Å². The Morgan fingerprint density at radius 3 is 2.25 bits per heavy atom. The summed E-state index contributed by atoms with van der Waals surface area (Å²) in [5.41, 5.74) is 2.66. The molecule has 1 fully saturated rings. The Bertz CT molecular complexity index is 1440. The second-order valence-electron chi connectivity index (χ2n) is 10.4. The van der Waals surface area contributed by atoms with E-state index in [1.807, 2.05) is 13.0 Å². The van der Waals surface area contributed by atoms with Crippen molar-refractivity contribution in [3.8, 4) is 0 Å². The summed E-state index contributed by atoms with van der Waals surface area (Å²) in [4.78, 5) is 28.7. The highest BCUT2D eigenvalue weighted by Gasteiger charge is 2.33. The number of carbonyl (C=O) groups is 2. The van der Waals surface area contributed by atoms with Gasteiger partial charge in [0, 0.05) is 12.6 Å². The maximum atomic E-state index is 14.0. The third-order valence-corrected chi connectivity index (χ3v) is 9.14. The van der Waals surface area contributed by atoms with Gasteiger partial charge in [0.15, 0.2) is 0 Å². The Morgan fingerprint density at radius 1 is 0.975 bits per heavy atom. The third kappa shape index (κ3) is 6.88. The first-order valence-electron chi connectivity index (χ1n) is 13.6. The molecule has 0 radical (unpaired) electrons. The number of anilines is 1. The molecular formula is C31H36FN3O4S. The Hall–Kier alpha value is -3.72. The molecule has 4 rings (SSSR count). The minimum Gasteiger partial charge on any atom is -0.352 e. The molecule has 1 saturated carbocycles. The van der Waals surface area contributed by atoms with E-state index in [9.17, 15) is 22.4 Å². The van der Waals surface area contributed by atoms with Crippen molar-refractivity contribution in [2.75, 3.05) is 10.8 Å². The molecule has 0 bridgehead atoms. The summed E-state index contributed by atoms with van der Waals surface area (Å²) in [6.07, 6.45) is 3.86. The van der Waals surface area contributed by atoms with Crippen LogP contribution in [0.2, 0.25) is 0 Å². The number of sulfonamides is 1. The third-order valence-electron chi connectivity index (χ3n) is 7.37. The number of hydrogen-bond acceptors (Lipinski definition) is 4. The van der Waals surface area contributed by atoms with E-state index in [0.717, 1.165) is 35.6 Å². The van der Waals surface area contributed by atoms with Gasteiger partial charge < -0.3 is 10.2 Å². The summed E-state index contributed by atoms with van der Waals surface area (Å²) in [6, 6.07) is 18.2. The highest BCUT2D eigenvalue weighted by molar-refractivity contribution is 7.92. The minimum absolute atomic E-state index is 0.0183. The van der Waals surface area contributed by atoms with E-state index in [2.05, 4.69) is 5.32 Å². The molecule has 9 heteroatoms. The molecule has 0 aromatic heterocycles. The fraction of sp³-hybridized carbons (Fsp3) is 0.355. The Morgan fingerprint density at radius 2 is 1.62 bits per heavy atom. The Labute approximate surface area is 236 Å². The molecule has 3 aromatic carbocycles. The van der Waals surface area contributed by atoms with Crippen LogP contribution in [0.25, 0.3) is 0 Å². The van der Waals surface area contributed by atoms with Crippen molar-refractivity contribution in [2.45, 2.75) is 70.0 Å². The van der Waals surface area contributed by atoms with Crippen molar-refractivity contribution in [2.24, 2.45) is 0 Å². The zero-order valence-corrected chi connectivity index (χ0v) is 24.0. The first-order valence-corrected chi connectivity index (χ1v) is 15.0. The van der Waals surface area contributed by atoms with E-state index in [-0.39, 0.29) is 23.4 Å². The molecule has 40 heavy (non-hydrogen) atoms. The Balaban J connectivity index is 1.70. The van der Waals surface area contributed by atoms with Gasteiger partial charge in [-0.25, -0.2) is 12.8 Å². The van der Waals surface area contributed by atoms with Crippen LogP contribution in [0.4, 0.5) is 10.1 Å². The van der Waals surface area contributed by atoms with E-state index in [1.165, 1.54) is 29.2 Å². The van der Waals surface area contributed by atoms with Gasteiger partial charge in [0.2, 0.25) is 11.8 Å². The molecular weight excluding hydrogens is 529 g/mol. The van der Waals surface area contributed by atoms with Gasteiger partial charge in [-0.05, 0) is 75.1 Å². The average Bonchev–Trinajstić information content (AvgIpc) is 3.45. The number of rotatable bonds is 10. The van der Waals surface area contributed by atoms with Crippen LogP contribution >= 0.6 is 0 Å². The van der Waals surface area contributed by atoms with E-state index < -0.39 is 34.3 Å². The summed E-state index contributed by atoms with van der Waals surface area (Å²) in [7, 11) is -4.13. The first-order chi connectivity index (χ1) is 19.1. The number of nitrogens with zero attached hydrogens (tertiary/aromatic N) is 2. The van der Waals surface area contributed by atoms with Crippen molar-refractivity contribution in [1.82, 2.24) is 10.2 Å². The normalized spacial score (nSPS) is 14.5. The monoisotopic (exact) mass is 565 g/mol. The summed E-state index contributed by atoms with van der Waals surface area (Å²) in [5.74, 6) is -1.26. The largest absolute Gasteiger partial charge is 0.352 e. The smallest absolute Gasteiger partial charge is 0.264 e. The summed E-state index contributed by atoms with van der Waals surface area (Å²) in [6.45, 7) is 4.86. The molecule has 0 spiro atoms. The zero-order valence-electron chi connectivity index (χ0n) is 23.1. The van der Waals surface area contributed by atoms with Gasteiger partial charge in [0.05, 0.1) is 10.6 Å². The molecule has 1 aliphatic rings. The summed E-state index contributed by atoms with van der Waals surface area (Å²) < 4.78 is 42.5. The van der Waals surface area contributed by atoms with Crippen LogP contribution in [0.15, 0.2) is 77.7 Å². The maximum Gasteiger partial charge on any atom is 0.264 e. The van der Waals surface area contributed by atoms with Crippen LogP contribution in [-0.2, 0) is 26.2 Å². The van der Waals surface area contributed by atoms with Crippen molar-refractivity contribution >= 4 is 27.5 Å². The number of hydrogen-bond donors (Lipinski definition) is 1. The van der Waals surface area contributed by atoms with Gasteiger partial charge in [0.1, 0.15) is 18.4 Å². The fourth-order valence-electron chi connectivity index (χ4n) is 5.08. The standard InChI is InChI=1S/C31H36FN3O4S/c1-22-13-18-29(23(2)19-22)35(40(38,39)28-11-5-4-6-12-28)21-30(36)34(20-25-14-16-26(32)17-15-25)24(3)31(37)33-27-9-7-8-10-27/h4-6,11-19,24,27H,7-10,20-21H2,1-3H3,(H,33,37)/t24-/m1/s1. The lowest BCUT2D eigenvalue weighted by molar-refractivity contribution is -0.139. The van der Waals surface area contributed by atoms with Gasteiger partial charge >= 0.3 is 0 Å². The van der Waals surface area contributed by atoms with Crippen molar-refractivity contribution in [3.63, 3.8) is 0 Å². The van der Waals surface area contributed by atoms with Crippen LogP contribution in [0.1, 0.15) is 49.3 Å². The van der Waals surface area contributed by atoms with Gasteiger partial charge in [-0.15, -0.1) is 0 Å². The predicted octanol–water partition coefficient (Wildman–Crippen LogP) is 5.11. The Kier molecular flexibility index (Phi) is 9.25. The average molecular weight is 566 g/mol. The SMILES string of the molecule is Cc1ccc(N(CC(=O)N(Cc2ccc(F)cc2)[C@H](C)C(=O)NC2CCCC2)S(=O)(=O)c2ccccc2)c(C)c1. The summed E-state index contributed by atoms with van der Waals surface area (Å²) >= 11 is 0. The molecule has 212 valence electrons. The molecule has 3 aromatic rings. The molecule has 0 heterocycles. The van der Waals surface area contributed by atoms with Crippen LogP contribution in [0, 0.1) is 19.7 Å². The first kappa shape index (κ1) is 29.3. The number of halogens is 1. The lowest BCUT2D eigenvalue weighted by Gasteiger charge is -2.33. The molecule has 0 unspecified atom stereocenters. The number of nitrogens with one attached hydrogen (secondary N) is 1. The van der Waals surface area contributed by atoms with E-state index in [1.54, 1.807) is 56.3 Å². The molecule has 1 atom stereocenters. The van der Waals surface area contributed by atoms with Crippen molar-refractivity contribution in [3.05, 3.63) is 95.3 Å². The number of benzene rings is 3. The number of amides is 2. The summed E-state index contributed by atoms with van der Waals surface area (Å²) in [5, 5.41) is 3.04. The van der Waals surface area contributed by atoms with E-state index >= 15 is 0 Å². The molecule has 2 amide bonds. The second-order valence-corrected chi connectivity index (χ2v) is 12.3. The van der Waals surface area contributed by atoms with Crippen LogP contribution < -0.4 is 9.62 Å². The zero-order chi connectivity index (χ0) is 28.9. The predicted molar refractivity (Wildman–Crippen MR) is 154 cm³/mol. The van der Waals surface area contributed by atoms with Gasteiger partial charge in [-0.3, -0.25) is 13.9 Å². The van der Waals surface area contributed by atoms with Gasteiger partial charge in [-0.1, -0.05) is 60.9 Å². The lowest BCUT2D eigenvalue weighted by Crippen LogP contribution is -2.52. The highest BCUT2D eigenvalue weighted by atomic mass is 32.2. The molecule has 0 saturated heterocycles. The fourth-order valence-corrected chi connectivity index (χ4v) is 6.58. The van der Waals surface area contributed by atoms with E-state index in [0.29, 0.717) is 16.8 Å². The lowest BCUT2D eigenvalue weighted by atomic mass is 10.1. The van der Waals surface area contributed by atoms with Crippen LogP contribution in [0.5, 0.6) is 0 Å². The number of carbonyl (C=O) groups excluding carboxylic acids is 2. The second kappa shape index (κ2) is 12.6. The molecule has 7 nitrogen and oxygen atoms in total. The number of aryl methyl sites for hydroxylation is 2. The van der Waals surface area contributed by atoms with Crippen LogP contribution in [0.3, 0.4) is 0 Å². The van der Waals surface area contributed by atoms with Gasteiger partial charge in [0.25, 0.3) is 10.0 Å². The molecule has 1 aliphatic carbocycles. The maximum absolute atomic E-state index is 14.0. The van der Waals surface area contributed by atoms with Crippen molar-refractivity contribution in [1.29, 1.82) is 0 Å². The van der Waals surface area contributed by atoms with Crippen LogP contribution in [-0.4, -0.2) is 43.8 Å².